The molecule has 6 nitrogen and oxygen atoms in total. The van der Waals surface area contributed by atoms with Crippen LogP contribution in [0.15, 0.2) is 23.3 Å². The monoisotopic (exact) mass is 701 g/mol. The first-order chi connectivity index (χ1) is 21.6. The summed E-state index contributed by atoms with van der Waals surface area (Å²) in [6.07, 6.45) is 21.3. The van der Waals surface area contributed by atoms with Crippen molar-refractivity contribution in [2.45, 2.75) is 161 Å². The third-order valence-electron chi connectivity index (χ3n) is 14.9. The molecule has 4 saturated carbocycles. The second-order valence-electron chi connectivity index (χ2n) is 17.4. The summed E-state index contributed by atoms with van der Waals surface area (Å²) in [5.41, 5.74) is 1.78. The van der Waals surface area contributed by atoms with Gasteiger partial charge >= 0.3 is 11.9 Å². The molecule has 6 rings (SSSR count). The van der Waals surface area contributed by atoms with Crippen molar-refractivity contribution < 1.29 is 28.7 Å². The summed E-state index contributed by atoms with van der Waals surface area (Å²) in [5.74, 6) is 1.26. The fourth-order valence-electron chi connectivity index (χ4n) is 12.3. The second kappa shape index (κ2) is 16.2. The van der Waals surface area contributed by atoms with Crippen LogP contribution in [0.1, 0.15) is 161 Å². The first-order valence-electron chi connectivity index (χ1n) is 18.1. The molecule has 0 unspecified atom stereocenters. The van der Waals surface area contributed by atoms with Crippen molar-refractivity contribution in [2.75, 3.05) is 14.2 Å². The van der Waals surface area contributed by atoms with Crippen LogP contribution in [-0.4, -0.2) is 38.7 Å². The van der Waals surface area contributed by atoms with Gasteiger partial charge in [-0.1, -0.05) is 93.5 Å². The van der Waals surface area contributed by atoms with Crippen LogP contribution in [0, 0.1) is 56.2 Å². The lowest BCUT2D eigenvalue weighted by Gasteiger charge is -2.59. The lowest BCUT2D eigenvalue weighted by Crippen LogP contribution is -2.54. The summed E-state index contributed by atoms with van der Waals surface area (Å²) in [7, 11) is 3.02. The number of allylic oxidation sites excluding steroid dienone is 4. The van der Waals surface area contributed by atoms with Gasteiger partial charge in [-0.2, -0.15) is 0 Å². The highest BCUT2D eigenvalue weighted by Crippen LogP contribution is 2.66. The number of fused-ring (bicyclic) bond motifs is 6. The van der Waals surface area contributed by atoms with E-state index in [0.29, 0.717) is 23.7 Å². The molecule has 6 heteroatoms. The Morgan fingerprint density at radius 2 is 0.920 bits per heavy atom. The Bertz CT molecular complexity index is 1200. The second-order valence-corrected chi connectivity index (χ2v) is 17.4. The minimum Gasteiger partial charge on any atom is -0.469 e. The Morgan fingerprint density at radius 3 is 1.22 bits per heavy atom. The van der Waals surface area contributed by atoms with Crippen LogP contribution in [0.3, 0.4) is 0 Å². The highest BCUT2D eigenvalue weighted by Gasteiger charge is 2.61. The lowest BCUT2D eigenvalue weighted by atomic mass is 9.44. The van der Waals surface area contributed by atoms with Gasteiger partial charge in [-0.15, -0.1) is 0 Å². The SMILES string of the molecule is C.C.C.C.COC(=O)[C@]1(C)CCC[C@@]2(C)C3=CCC[C@@](C)(C=O)[C@H]3CC[C@@H]12.COC(=O)[C@]1(C)CCC[C@@]2(C)C3=CCC[C@](C)(C=O)[C@@H]3CC[C@@H]12. The molecule has 4 fully saturated rings. The van der Waals surface area contributed by atoms with E-state index in [1.165, 1.54) is 37.9 Å². The molecule has 0 aliphatic heterocycles. The smallest absolute Gasteiger partial charge is 0.311 e. The number of ether oxygens (including phenoxy) is 2. The number of aldehydes is 2. The van der Waals surface area contributed by atoms with Crippen molar-refractivity contribution in [3.63, 3.8) is 0 Å². The maximum absolute atomic E-state index is 12.5. The minimum absolute atomic E-state index is 0. The molecule has 0 spiro atoms. The van der Waals surface area contributed by atoms with E-state index in [2.05, 4.69) is 53.7 Å². The van der Waals surface area contributed by atoms with E-state index in [4.69, 9.17) is 9.47 Å². The number of methoxy groups -OCH3 is 2. The van der Waals surface area contributed by atoms with E-state index >= 15 is 0 Å². The third-order valence-corrected chi connectivity index (χ3v) is 14.9. The number of esters is 2. The van der Waals surface area contributed by atoms with Gasteiger partial charge in [0.05, 0.1) is 25.0 Å². The quantitative estimate of drug-likeness (QED) is 0.165. The average molecular weight is 701 g/mol. The van der Waals surface area contributed by atoms with Crippen LogP contribution < -0.4 is 0 Å². The van der Waals surface area contributed by atoms with Crippen LogP contribution in [0.2, 0.25) is 0 Å². The summed E-state index contributed by atoms with van der Waals surface area (Å²) < 4.78 is 10.3. The summed E-state index contributed by atoms with van der Waals surface area (Å²) >= 11 is 0. The molecule has 0 N–H and O–H groups in total. The normalized spacial score (nSPS) is 42.5. The first kappa shape index (κ1) is 45.8. The zero-order valence-electron chi connectivity index (χ0n) is 30.0. The largest absolute Gasteiger partial charge is 0.469 e. The molecule has 0 aromatic rings. The molecule has 0 heterocycles. The van der Waals surface area contributed by atoms with Crippen molar-refractivity contribution >= 4 is 24.5 Å². The summed E-state index contributed by atoms with van der Waals surface area (Å²) in [6, 6.07) is 0. The van der Waals surface area contributed by atoms with Gasteiger partial charge in [-0.25, -0.2) is 0 Å². The standard InChI is InChI=1S/2C20H30O3.4CH4/c2*1-18(13-21)10-5-7-15-14(18)8-9-16-19(15,2)11-6-12-20(16,3)17(22)23-4;;;;/h2*7,13-14,16H,5-6,8-12H2,1-4H3;4*1H4/t14-,16+,18-,19-,20+;14-,16-,18-,19+,20-;;;;/m01..../s1. The molecule has 6 aliphatic rings. The van der Waals surface area contributed by atoms with Crippen molar-refractivity contribution in [2.24, 2.45) is 56.2 Å². The predicted octanol–water partition coefficient (Wildman–Crippen LogP) is 11.2. The van der Waals surface area contributed by atoms with Gasteiger partial charge in [0, 0.05) is 10.8 Å². The molecular formula is C44H76O6. The molecule has 10 atom stereocenters. The van der Waals surface area contributed by atoms with Crippen molar-refractivity contribution in [1.82, 2.24) is 0 Å². The molecule has 0 amide bonds. The number of carbonyl (C=O) groups excluding carboxylic acids is 4. The van der Waals surface area contributed by atoms with Crippen LogP contribution in [0.25, 0.3) is 0 Å². The molecule has 50 heavy (non-hydrogen) atoms. The van der Waals surface area contributed by atoms with Crippen LogP contribution >= 0.6 is 0 Å². The molecule has 0 radical (unpaired) electrons. The highest BCUT2D eigenvalue weighted by atomic mass is 16.5. The van der Waals surface area contributed by atoms with E-state index in [1.54, 1.807) is 0 Å². The Kier molecular flexibility index (Phi) is 14.8. The van der Waals surface area contributed by atoms with Gasteiger partial charge in [0.2, 0.25) is 0 Å². The molecule has 0 aromatic carbocycles. The lowest BCUT2D eigenvalue weighted by molar-refractivity contribution is -0.165. The topological polar surface area (TPSA) is 86.7 Å². The van der Waals surface area contributed by atoms with Gasteiger partial charge in [-0.3, -0.25) is 9.59 Å². The fourth-order valence-corrected chi connectivity index (χ4v) is 12.3. The van der Waals surface area contributed by atoms with Gasteiger partial charge in [0.25, 0.3) is 0 Å². The molecular weight excluding hydrogens is 624 g/mol. The number of hydrogen-bond acceptors (Lipinski definition) is 6. The van der Waals surface area contributed by atoms with E-state index in [9.17, 15) is 19.2 Å². The van der Waals surface area contributed by atoms with Crippen molar-refractivity contribution in [1.29, 1.82) is 0 Å². The zero-order valence-corrected chi connectivity index (χ0v) is 30.0. The van der Waals surface area contributed by atoms with Crippen LogP contribution in [0.5, 0.6) is 0 Å². The number of rotatable bonds is 4. The fraction of sp³-hybridized carbons (Fsp3) is 0.818. The summed E-state index contributed by atoms with van der Waals surface area (Å²) in [5, 5.41) is 0. The van der Waals surface area contributed by atoms with Crippen molar-refractivity contribution in [3.8, 4) is 0 Å². The van der Waals surface area contributed by atoms with Gasteiger partial charge in [0.1, 0.15) is 12.6 Å². The molecule has 0 aromatic heterocycles. The Labute approximate surface area is 307 Å². The Balaban J connectivity index is 0.000000463. The molecule has 0 saturated heterocycles. The van der Waals surface area contributed by atoms with E-state index in [1.807, 2.05) is 0 Å². The van der Waals surface area contributed by atoms with E-state index < -0.39 is 0 Å². The van der Waals surface area contributed by atoms with Crippen molar-refractivity contribution in [3.05, 3.63) is 23.3 Å². The average Bonchev–Trinajstić information content (AvgIpc) is 3.04. The third kappa shape index (κ3) is 6.84. The molecule has 0 bridgehead atoms. The van der Waals surface area contributed by atoms with Crippen LogP contribution in [-0.2, 0) is 28.7 Å². The zero-order chi connectivity index (χ0) is 33.8. The van der Waals surface area contributed by atoms with E-state index in [-0.39, 0.29) is 74.1 Å². The maximum atomic E-state index is 12.5. The summed E-state index contributed by atoms with van der Waals surface area (Å²) in [4.78, 5) is 48.6. The van der Waals surface area contributed by atoms with E-state index in [0.717, 1.165) is 89.9 Å². The number of carbonyl (C=O) groups is 4. The first-order valence-corrected chi connectivity index (χ1v) is 18.1. The predicted molar refractivity (Wildman–Crippen MR) is 206 cm³/mol. The van der Waals surface area contributed by atoms with Crippen LogP contribution in [0.4, 0.5) is 0 Å². The molecule has 6 aliphatic carbocycles. The highest BCUT2D eigenvalue weighted by molar-refractivity contribution is 5.78. The van der Waals surface area contributed by atoms with Gasteiger partial charge in [0.15, 0.2) is 0 Å². The van der Waals surface area contributed by atoms with Gasteiger partial charge in [-0.05, 0) is 125 Å². The van der Waals surface area contributed by atoms with Gasteiger partial charge < -0.3 is 19.1 Å². The number of hydrogen-bond donors (Lipinski definition) is 0. The maximum Gasteiger partial charge on any atom is 0.311 e. The Morgan fingerprint density at radius 1 is 0.580 bits per heavy atom. The summed E-state index contributed by atoms with van der Waals surface area (Å²) in [6.45, 7) is 13.1. The Hall–Kier alpha value is -2.24. The molecule has 288 valence electrons. The minimum atomic E-state index is -0.386.